The van der Waals surface area contributed by atoms with Crippen LogP contribution in [0.4, 0.5) is 0 Å². The molecule has 0 heterocycles. The summed E-state index contributed by atoms with van der Waals surface area (Å²) in [5.74, 6) is -1.86. The van der Waals surface area contributed by atoms with Crippen LogP contribution >= 0.6 is 0 Å². The van der Waals surface area contributed by atoms with Crippen LogP contribution in [0.1, 0.15) is 116 Å². The van der Waals surface area contributed by atoms with E-state index >= 15 is 0 Å². The molecule has 0 amide bonds. The molecule has 6 heteroatoms. The van der Waals surface area contributed by atoms with Gasteiger partial charge in [0.05, 0.1) is 23.7 Å². The van der Waals surface area contributed by atoms with Gasteiger partial charge >= 0.3 is 5.97 Å². The fourth-order valence-corrected chi connectivity index (χ4v) is 5.30. The van der Waals surface area contributed by atoms with Crippen LogP contribution in [0.5, 0.6) is 0 Å². The summed E-state index contributed by atoms with van der Waals surface area (Å²) in [6.07, 6.45) is 14.5. The summed E-state index contributed by atoms with van der Waals surface area (Å²) in [5, 5.41) is 44.5. The van der Waals surface area contributed by atoms with E-state index in [0.717, 1.165) is 70.6 Å². The molecule has 1 fully saturated rings. The Morgan fingerprint density at radius 1 is 0.906 bits per heavy atom. The monoisotopic (exact) mass is 457 g/mol. The van der Waals surface area contributed by atoms with Crippen LogP contribution in [0.2, 0.25) is 0 Å². The number of hydrogen-bond donors (Lipinski definition) is 5. The number of aliphatic hydroxyl groups excluding tert-OH is 2. The largest absolute Gasteiger partial charge is 0.481 e. The Balaban J connectivity index is 2.29. The van der Waals surface area contributed by atoms with Crippen molar-refractivity contribution in [1.82, 2.24) is 5.32 Å². The predicted molar refractivity (Wildman–Crippen MR) is 130 cm³/mol. The highest BCUT2D eigenvalue weighted by Crippen LogP contribution is 2.38. The molecule has 6 nitrogen and oxygen atoms in total. The van der Waals surface area contributed by atoms with Crippen LogP contribution in [-0.4, -0.2) is 57.8 Å². The van der Waals surface area contributed by atoms with E-state index in [1.54, 1.807) is 0 Å². The maximum Gasteiger partial charge on any atom is 0.309 e. The smallest absolute Gasteiger partial charge is 0.309 e. The average Bonchev–Trinajstić information content (AvgIpc) is 3.20. The fourth-order valence-electron chi connectivity index (χ4n) is 5.30. The number of carboxylic acids is 1. The molecule has 0 bridgehead atoms. The second-order valence-electron chi connectivity index (χ2n) is 10.2. The van der Waals surface area contributed by atoms with E-state index < -0.39 is 23.6 Å². The van der Waals surface area contributed by atoms with Crippen molar-refractivity contribution in [3.63, 3.8) is 0 Å². The van der Waals surface area contributed by atoms with Gasteiger partial charge in [0.1, 0.15) is 0 Å². The first-order valence-corrected chi connectivity index (χ1v) is 13.3. The van der Waals surface area contributed by atoms with Gasteiger partial charge in [0.15, 0.2) is 0 Å². The first-order chi connectivity index (χ1) is 15.3. The zero-order valence-corrected chi connectivity index (χ0v) is 20.7. The molecule has 4 unspecified atom stereocenters. The highest BCUT2D eigenvalue weighted by molar-refractivity contribution is 5.70. The van der Waals surface area contributed by atoms with Gasteiger partial charge in [0, 0.05) is 12.5 Å². The summed E-state index contributed by atoms with van der Waals surface area (Å²) in [5.41, 5.74) is -0.788. The summed E-state index contributed by atoms with van der Waals surface area (Å²) in [6.45, 7) is 2.79. The van der Waals surface area contributed by atoms with Gasteiger partial charge in [-0.25, -0.2) is 0 Å². The van der Waals surface area contributed by atoms with Crippen molar-refractivity contribution in [3.8, 4) is 0 Å². The molecule has 5 N–H and O–H groups in total. The Labute approximate surface area is 196 Å². The number of nitrogens with one attached hydrogen (secondary N) is 1. The second-order valence-corrected chi connectivity index (χ2v) is 10.2. The minimum absolute atomic E-state index is 0.129. The number of unbranched alkanes of at least 4 members (excludes halogenated alkanes) is 7. The second kappa shape index (κ2) is 16.9. The van der Waals surface area contributed by atoms with Gasteiger partial charge in [0.25, 0.3) is 0 Å². The lowest BCUT2D eigenvalue weighted by Gasteiger charge is -2.35. The lowest BCUT2D eigenvalue weighted by molar-refractivity contribution is -0.147. The first kappa shape index (κ1) is 29.3. The van der Waals surface area contributed by atoms with Crippen LogP contribution in [0.3, 0.4) is 0 Å². The van der Waals surface area contributed by atoms with E-state index in [0.29, 0.717) is 19.4 Å². The Morgan fingerprint density at radius 2 is 1.44 bits per heavy atom. The lowest BCUT2D eigenvalue weighted by Crippen LogP contribution is -2.44. The van der Waals surface area contributed by atoms with Crippen molar-refractivity contribution in [3.05, 3.63) is 0 Å². The van der Waals surface area contributed by atoms with Crippen molar-refractivity contribution in [2.24, 2.45) is 11.8 Å². The SMILES string of the molecule is CCCCCCCC(O)CCCCCCC(C(=O)O)C(O)CC(CNC)C1(O)CCCC1. The summed E-state index contributed by atoms with van der Waals surface area (Å²) < 4.78 is 0. The minimum Gasteiger partial charge on any atom is -0.481 e. The van der Waals surface area contributed by atoms with Crippen LogP contribution < -0.4 is 5.32 Å². The molecule has 0 aromatic carbocycles. The fraction of sp³-hybridized carbons (Fsp3) is 0.962. The van der Waals surface area contributed by atoms with Gasteiger partial charge in [0.2, 0.25) is 0 Å². The Morgan fingerprint density at radius 3 is 1.94 bits per heavy atom. The van der Waals surface area contributed by atoms with Crippen LogP contribution in [0.25, 0.3) is 0 Å². The summed E-state index contributed by atoms with van der Waals surface area (Å²) >= 11 is 0. The number of aliphatic carboxylic acids is 1. The predicted octanol–water partition coefficient (Wildman–Crippen LogP) is 4.64. The van der Waals surface area contributed by atoms with Crippen molar-refractivity contribution in [2.75, 3.05) is 13.6 Å². The summed E-state index contributed by atoms with van der Waals surface area (Å²) in [6, 6.07) is 0. The Hall–Kier alpha value is -0.690. The zero-order chi connectivity index (χ0) is 23.8. The van der Waals surface area contributed by atoms with Gasteiger partial charge < -0.3 is 25.7 Å². The minimum atomic E-state index is -0.947. The normalized spacial score (nSPS) is 19.5. The number of rotatable bonds is 20. The molecule has 1 rings (SSSR count). The molecule has 1 aliphatic carbocycles. The molecule has 0 aromatic heterocycles. The van der Waals surface area contributed by atoms with E-state index in [1.807, 2.05) is 7.05 Å². The van der Waals surface area contributed by atoms with Crippen molar-refractivity contribution in [2.45, 2.75) is 134 Å². The zero-order valence-electron chi connectivity index (χ0n) is 20.7. The topological polar surface area (TPSA) is 110 Å². The Kier molecular flexibility index (Phi) is 15.5. The third kappa shape index (κ3) is 11.4. The maximum atomic E-state index is 11.8. The van der Waals surface area contributed by atoms with Gasteiger partial charge in [-0.3, -0.25) is 4.79 Å². The van der Waals surface area contributed by atoms with Gasteiger partial charge in [-0.05, 0) is 45.6 Å². The van der Waals surface area contributed by atoms with Crippen molar-refractivity contribution < 1.29 is 25.2 Å². The summed E-state index contributed by atoms with van der Waals surface area (Å²) in [7, 11) is 1.83. The number of hydrogen-bond acceptors (Lipinski definition) is 5. The molecule has 0 aromatic rings. The highest BCUT2D eigenvalue weighted by Gasteiger charge is 2.41. The molecule has 4 atom stereocenters. The lowest BCUT2D eigenvalue weighted by atomic mass is 9.79. The van der Waals surface area contributed by atoms with Gasteiger partial charge in [-0.1, -0.05) is 77.6 Å². The van der Waals surface area contributed by atoms with E-state index in [2.05, 4.69) is 12.2 Å². The number of aliphatic hydroxyl groups is 3. The van der Waals surface area contributed by atoms with Crippen molar-refractivity contribution in [1.29, 1.82) is 0 Å². The molecule has 0 radical (unpaired) electrons. The maximum absolute atomic E-state index is 11.8. The van der Waals surface area contributed by atoms with Crippen LogP contribution in [0.15, 0.2) is 0 Å². The van der Waals surface area contributed by atoms with E-state index in [9.17, 15) is 25.2 Å². The third-order valence-corrected chi connectivity index (χ3v) is 7.43. The molecule has 0 saturated heterocycles. The summed E-state index contributed by atoms with van der Waals surface area (Å²) in [4.78, 5) is 11.8. The third-order valence-electron chi connectivity index (χ3n) is 7.43. The molecule has 0 spiro atoms. The Bertz CT molecular complexity index is 481. The molecule has 1 aliphatic rings. The van der Waals surface area contributed by atoms with E-state index in [1.165, 1.54) is 25.7 Å². The number of carboxylic acid groups (broad SMARTS) is 1. The molecular weight excluding hydrogens is 406 g/mol. The van der Waals surface area contributed by atoms with Gasteiger partial charge in [-0.2, -0.15) is 0 Å². The quantitative estimate of drug-likeness (QED) is 0.170. The standard InChI is InChI=1S/C26H51NO5/c1-3-4-5-6-9-14-22(28)15-10-7-8-11-16-23(25(30)31)24(29)19-21(20-27-2)26(32)17-12-13-18-26/h21-24,27-29,32H,3-20H2,1-2H3,(H,30,31). The average molecular weight is 458 g/mol. The molecule has 1 saturated carbocycles. The van der Waals surface area contributed by atoms with E-state index in [-0.39, 0.29) is 12.0 Å². The molecule has 0 aliphatic heterocycles. The first-order valence-electron chi connectivity index (χ1n) is 13.3. The molecule has 32 heavy (non-hydrogen) atoms. The van der Waals surface area contributed by atoms with Crippen LogP contribution in [0, 0.1) is 11.8 Å². The van der Waals surface area contributed by atoms with E-state index in [4.69, 9.17) is 0 Å². The molecule has 190 valence electrons. The van der Waals surface area contributed by atoms with Gasteiger partial charge in [-0.15, -0.1) is 0 Å². The van der Waals surface area contributed by atoms with Crippen LogP contribution in [-0.2, 0) is 4.79 Å². The number of carbonyl (C=O) groups is 1. The highest BCUT2D eigenvalue weighted by atomic mass is 16.4. The van der Waals surface area contributed by atoms with Crippen molar-refractivity contribution >= 4 is 5.97 Å². The molecular formula is C26H51NO5.